The molecule has 0 saturated carbocycles. The lowest BCUT2D eigenvalue weighted by molar-refractivity contribution is 0.300. The van der Waals surface area contributed by atoms with Crippen molar-refractivity contribution >= 4 is 5.95 Å². The van der Waals surface area contributed by atoms with Crippen LogP contribution in [0.3, 0.4) is 0 Å². The molecule has 0 spiro atoms. The van der Waals surface area contributed by atoms with Crippen LogP contribution in [0.4, 0.5) is 10.3 Å². The van der Waals surface area contributed by atoms with Gasteiger partial charge in [-0.15, -0.1) is 0 Å². The van der Waals surface area contributed by atoms with Crippen molar-refractivity contribution in [1.29, 1.82) is 0 Å². The van der Waals surface area contributed by atoms with Gasteiger partial charge in [-0.05, 0) is 19.5 Å². The van der Waals surface area contributed by atoms with Crippen LogP contribution in [0.15, 0.2) is 12.4 Å². The molecule has 5 heteroatoms. The lowest BCUT2D eigenvalue weighted by atomic mass is 10.4. The maximum absolute atomic E-state index is 12.5. The van der Waals surface area contributed by atoms with E-state index in [0.29, 0.717) is 5.95 Å². The van der Waals surface area contributed by atoms with Crippen molar-refractivity contribution in [1.82, 2.24) is 14.9 Å². The monoisotopic (exact) mass is 226 g/mol. The summed E-state index contributed by atoms with van der Waals surface area (Å²) in [6.07, 6.45) is 3.48. The van der Waals surface area contributed by atoms with Crippen LogP contribution in [0.2, 0.25) is 0 Å². The van der Waals surface area contributed by atoms with E-state index in [0.717, 1.165) is 32.6 Å². The van der Waals surface area contributed by atoms with Crippen molar-refractivity contribution in [3.63, 3.8) is 0 Å². The van der Waals surface area contributed by atoms with E-state index in [2.05, 4.69) is 34.0 Å². The zero-order valence-electron chi connectivity index (χ0n) is 9.91. The molecule has 0 fully saturated rings. The Morgan fingerprint density at radius 3 is 2.50 bits per heavy atom. The molecule has 1 aromatic rings. The van der Waals surface area contributed by atoms with E-state index >= 15 is 0 Å². The average molecular weight is 226 g/mol. The molecule has 1 rings (SSSR count). The Balaban J connectivity index is 2.26. The number of aromatic nitrogens is 2. The summed E-state index contributed by atoms with van der Waals surface area (Å²) in [5.41, 5.74) is 0. The SMILES string of the molecule is CCCN(CC)CCNc1ncc(F)cn1. The van der Waals surface area contributed by atoms with Gasteiger partial charge in [0.2, 0.25) is 5.95 Å². The summed E-state index contributed by atoms with van der Waals surface area (Å²) in [5.74, 6) is 0.0701. The summed E-state index contributed by atoms with van der Waals surface area (Å²) < 4.78 is 12.5. The summed E-state index contributed by atoms with van der Waals surface area (Å²) in [6.45, 7) is 8.18. The summed E-state index contributed by atoms with van der Waals surface area (Å²) >= 11 is 0. The molecule has 0 saturated heterocycles. The van der Waals surface area contributed by atoms with Crippen LogP contribution in [0, 0.1) is 5.82 Å². The first kappa shape index (κ1) is 12.8. The van der Waals surface area contributed by atoms with Gasteiger partial charge in [0.25, 0.3) is 0 Å². The molecule has 0 amide bonds. The van der Waals surface area contributed by atoms with Gasteiger partial charge in [0, 0.05) is 13.1 Å². The lowest BCUT2D eigenvalue weighted by Gasteiger charge is -2.19. The molecule has 0 aromatic carbocycles. The molecule has 90 valence electrons. The molecular formula is C11H19FN4. The second kappa shape index (κ2) is 7.11. The zero-order valence-corrected chi connectivity index (χ0v) is 9.91. The molecule has 16 heavy (non-hydrogen) atoms. The third kappa shape index (κ3) is 4.53. The highest BCUT2D eigenvalue weighted by Crippen LogP contribution is 1.98. The van der Waals surface area contributed by atoms with Crippen LogP contribution in [-0.4, -0.2) is 41.0 Å². The van der Waals surface area contributed by atoms with Crippen LogP contribution in [0.25, 0.3) is 0 Å². The second-order valence-corrected chi connectivity index (χ2v) is 3.59. The van der Waals surface area contributed by atoms with Crippen LogP contribution in [0.1, 0.15) is 20.3 Å². The first-order valence-corrected chi connectivity index (χ1v) is 5.70. The van der Waals surface area contributed by atoms with Gasteiger partial charge in [-0.2, -0.15) is 0 Å². The van der Waals surface area contributed by atoms with Gasteiger partial charge in [0.05, 0.1) is 12.4 Å². The standard InChI is InChI=1S/C11H19FN4/c1-3-6-16(4-2)7-5-13-11-14-8-10(12)9-15-11/h8-9H,3-7H2,1-2H3,(H,13,14,15). The van der Waals surface area contributed by atoms with Crippen LogP contribution >= 0.6 is 0 Å². The number of halogens is 1. The fourth-order valence-corrected chi connectivity index (χ4v) is 1.47. The lowest BCUT2D eigenvalue weighted by Crippen LogP contribution is -2.29. The molecule has 0 radical (unpaired) electrons. The average Bonchev–Trinajstić information content (AvgIpc) is 2.30. The van der Waals surface area contributed by atoms with E-state index < -0.39 is 5.82 Å². The summed E-state index contributed by atoms with van der Waals surface area (Å²) in [4.78, 5) is 10.0. The predicted octanol–water partition coefficient (Wildman–Crippen LogP) is 1.76. The topological polar surface area (TPSA) is 41.0 Å². The highest BCUT2D eigenvalue weighted by molar-refractivity contribution is 5.22. The fraction of sp³-hybridized carbons (Fsp3) is 0.636. The Kier molecular flexibility index (Phi) is 5.71. The molecule has 1 heterocycles. The summed E-state index contributed by atoms with van der Waals surface area (Å²) in [5, 5.41) is 3.06. The summed E-state index contributed by atoms with van der Waals surface area (Å²) in [6, 6.07) is 0. The second-order valence-electron chi connectivity index (χ2n) is 3.59. The Morgan fingerprint density at radius 1 is 1.25 bits per heavy atom. The van der Waals surface area contributed by atoms with Gasteiger partial charge in [-0.1, -0.05) is 13.8 Å². The number of rotatable bonds is 7. The van der Waals surface area contributed by atoms with E-state index in [1.165, 1.54) is 12.4 Å². The highest BCUT2D eigenvalue weighted by Gasteiger charge is 2.01. The van der Waals surface area contributed by atoms with Crippen LogP contribution in [0.5, 0.6) is 0 Å². The zero-order chi connectivity index (χ0) is 11.8. The number of hydrogen-bond donors (Lipinski definition) is 1. The minimum Gasteiger partial charge on any atom is -0.353 e. The largest absolute Gasteiger partial charge is 0.353 e. The molecule has 0 bridgehead atoms. The van der Waals surface area contributed by atoms with Crippen molar-refractivity contribution in [3.05, 3.63) is 18.2 Å². The molecular weight excluding hydrogens is 207 g/mol. The molecule has 0 atom stereocenters. The number of anilines is 1. The van der Waals surface area contributed by atoms with Crippen molar-refractivity contribution in [2.45, 2.75) is 20.3 Å². The Bertz CT molecular complexity index is 289. The first-order valence-electron chi connectivity index (χ1n) is 5.70. The molecule has 1 aromatic heterocycles. The van der Waals surface area contributed by atoms with Gasteiger partial charge in [0.15, 0.2) is 5.82 Å². The Hall–Kier alpha value is -1.23. The number of nitrogens with one attached hydrogen (secondary N) is 1. The van der Waals surface area contributed by atoms with Gasteiger partial charge >= 0.3 is 0 Å². The molecule has 0 aliphatic carbocycles. The molecule has 1 N–H and O–H groups in total. The van der Waals surface area contributed by atoms with Crippen molar-refractivity contribution in [2.75, 3.05) is 31.5 Å². The smallest absolute Gasteiger partial charge is 0.222 e. The minimum absolute atomic E-state index is 0.410. The van der Waals surface area contributed by atoms with Gasteiger partial charge in [-0.3, -0.25) is 0 Å². The Labute approximate surface area is 95.9 Å². The van der Waals surface area contributed by atoms with Gasteiger partial charge in [-0.25, -0.2) is 14.4 Å². The van der Waals surface area contributed by atoms with E-state index in [9.17, 15) is 4.39 Å². The molecule has 0 aliphatic rings. The molecule has 4 nitrogen and oxygen atoms in total. The van der Waals surface area contributed by atoms with Crippen LogP contribution < -0.4 is 5.32 Å². The maximum Gasteiger partial charge on any atom is 0.222 e. The third-order valence-electron chi connectivity index (χ3n) is 2.32. The van der Waals surface area contributed by atoms with Crippen molar-refractivity contribution in [2.24, 2.45) is 0 Å². The highest BCUT2D eigenvalue weighted by atomic mass is 19.1. The van der Waals surface area contributed by atoms with Gasteiger partial charge < -0.3 is 10.2 Å². The van der Waals surface area contributed by atoms with E-state index in [1.54, 1.807) is 0 Å². The quantitative estimate of drug-likeness (QED) is 0.769. The molecule has 0 aliphatic heterocycles. The normalized spacial score (nSPS) is 10.8. The number of hydrogen-bond acceptors (Lipinski definition) is 4. The minimum atomic E-state index is -0.410. The summed E-state index contributed by atoms with van der Waals surface area (Å²) in [7, 11) is 0. The number of nitrogens with zero attached hydrogens (tertiary/aromatic N) is 3. The first-order chi connectivity index (χ1) is 7.76. The predicted molar refractivity (Wildman–Crippen MR) is 62.9 cm³/mol. The van der Waals surface area contributed by atoms with Crippen molar-refractivity contribution in [3.8, 4) is 0 Å². The van der Waals surface area contributed by atoms with E-state index in [4.69, 9.17) is 0 Å². The fourth-order valence-electron chi connectivity index (χ4n) is 1.47. The van der Waals surface area contributed by atoms with E-state index in [1.807, 2.05) is 0 Å². The van der Waals surface area contributed by atoms with Gasteiger partial charge in [0.1, 0.15) is 0 Å². The van der Waals surface area contributed by atoms with E-state index in [-0.39, 0.29) is 0 Å². The molecule has 0 unspecified atom stereocenters. The number of likely N-dealkylation sites (N-methyl/N-ethyl adjacent to an activating group) is 1. The Morgan fingerprint density at radius 2 is 1.94 bits per heavy atom. The maximum atomic E-state index is 12.5. The van der Waals surface area contributed by atoms with Crippen molar-refractivity contribution < 1.29 is 4.39 Å². The third-order valence-corrected chi connectivity index (χ3v) is 2.32. The van der Waals surface area contributed by atoms with Crippen LogP contribution in [-0.2, 0) is 0 Å².